The van der Waals surface area contributed by atoms with Crippen molar-refractivity contribution < 1.29 is 13.9 Å². The van der Waals surface area contributed by atoms with E-state index in [0.717, 1.165) is 17.3 Å². The summed E-state index contributed by atoms with van der Waals surface area (Å²) in [5.41, 5.74) is 0.576. The van der Waals surface area contributed by atoms with Crippen LogP contribution in [0.25, 0.3) is 0 Å². The highest BCUT2D eigenvalue weighted by Crippen LogP contribution is 2.19. The molecule has 0 atom stereocenters. The van der Waals surface area contributed by atoms with Gasteiger partial charge < -0.3 is 14.5 Å². The maximum atomic E-state index is 12.2. The molecular formula is C17H21NO3S. The molecule has 1 N–H and O–H groups in total. The molecule has 0 bridgehead atoms. The lowest BCUT2D eigenvalue weighted by atomic mass is 10.2. The van der Waals surface area contributed by atoms with Crippen LogP contribution in [-0.2, 0) is 5.75 Å². The predicted octanol–water partition coefficient (Wildman–Crippen LogP) is 3.73. The van der Waals surface area contributed by atoms with Gasteiger partial charge in [-0.05, 0) is 38.1 Å². The molecule has 0 saturated carbocycles. The third-order valence-electron chi connectivity index (χ3n) is 2.85. The van der Waals surface area contributed by atoms with Crippen LogP contribution in [0.15, 0.2) is 47.1 Å². The molecule has 118 valence electrons. The predicted molar refractivity (Wildman–Crippen MR) is 89.4 cm³/mol. The van der Waals surface area contributed by atoms with Crippen LogP contribution in [0.5, 0.6) is 5.75 Å². The first-order chi connectivity index (χ1) is 10.7. The van der Waals surface area contributed by atoms with Crippen LogP contribution in [0.3, 0.4) is 0 Å². The van der Waals surface area contributed by atoms with Gasteiger partial charge in [-0.3, -0.25) is 4.79 Å². The van der Waals surface area contributed by atoms with Gasteiger partial charge in [0.25, 0.3) is 5.91 Å². The van der Waals surface area contributed by atoms with Gasteiger partial charge in [0.05, 0.1) is 23.7 Å². The van der Waals surface area contributed by atoms with Gasteiger partial charge in [0.2, 0.25) is 0 Å². The van der Waals surface area contributed by atoms with E-state index in [1.807, 2.05) is 44.2 Å². The average Bonchev–Trinajstić information content (AvgIpc) is 3.00. The Hall–Kier alpha value is -1.88. The van der Waals surface area contributed by atoms with Crippen molar-refractivity contribution in [2.45, 2.75) is 25.7 Å². The summed E-state index contributed by atoms with van der Waals surface area (Å²) in [6.07, 6.45) is 1.71. The van der Waals surface area contributed by atoms with Crippen molar-refractivity contribution in [3.63, 3.8) is 0 Å². The standard InChI is InChI=1S/C17H21NO3S/c1-13(2)21-16-8-4-3-7-15(16)17(19)18-9-11-22-12-14-6-5-10-20-14/h3-8,10,13H,9,11-12H2,1-2H3,(H,18,19). The molecule has 2 aromatic rings. The van der Waals surface area contributed by atoms with Gasteiger partial charge in [-0.15, -0.1) is 0 Å². The lowest BCUT2D eigenvalue weighted by Gasteiger charge is -2.13. The van der Waals surface area contributed by atoms with Crippen LogP contribution in [0.4, 0.5) is 0 Å². The van der Waals surface area contributed by atoms with Crippen molar-refractivity contribution in [3.05, 3.63) is 54.0 Å². The fourth-order valence-electron chi connectivity index (χ4n) is 1.91. The fourth-order valence-corrected chi connectivity index (χ4v) is 2.67. The molecule has 1 aromatic heterocycles. The molecule has 0 unspecified atom stereocenters. The normalized spacial score (nSPS) is 10.7. The first-order valence-electron chi connectivity index (χ1n) is 7.31. The molecule has 0 spiro atoms. The van der Waals surface area contributed by atoms with Crippen molar-refractivity contribution in [2.24, 2.45) is 0 Å². The van der Waals surface area contributed by atoms with Crippen LogP contribution in [0, 0.1) is 0 Å². The first-order valence-corrected chi connectivity index (χ1v) is 8.46. The molecule has 0 aliphatic heterocycles. The molecule has 0 aliphatic rings. The summed E-state index contributed by atoms with van der Waals surface area (Å²) in [6, 6.07) is 11.1. The number of furan rings is 1. The second-order valence-corrected chi connectivity index (χ2v) is 6.16. The van der Waals surface area contributed by atoms with E-state index in [1.165, 1.54) is 0 Å². The molecule has 0 fully saturated rings. The highest BCUT2D eigenvalue weighted by molar-refractivity contribution is 7.98. The number of carbonyl (C=O) groups is 1. The summed E-state index contributed by atoms with van der Waals surface area (Å²) >= 11 is 1.72. The summed E-state index contributed by atoms with van der Waals surface area (Å²) in [6.45, 7) is 4.50. The monoisotopic (exact) mass is 319 g/mol. The zero-order chi connectivity index (χ0) is 15.8. The van der Waals surface area contributed by atoms with Gasteiger partial charge in [0.1, 0.15) is 11.5 Å². The highest BCUT2D eigenvalue weighted by atomic mass is 32.2. The van der Waals surface area contributed by atoms with Crippen LogP contribution >= 0.6 is 11.8 Å². The average molecular weight is 319 g/mol. The molecule has 1 aromatic carbocycles. The molecule has 0 radical (unpaired) electrons. The highest BCUT2D eigenvalue weighted by Gasteiger charge is 2.12. The van der Waals surface area contributed by atoms with E-state index in [4.69, 9.17) is 9.15 Å². The summed E-state index contributed by atoms with van der Waals surface area (Å²) in [7, 11) is 0. The minimum atomic E-state index is -0.102. The van der Waals surface area contributed by atoms with E-state index in [9.17, 15) is 4.79 Å². The zero-order valence-corrected chi connectivity index (χ0v) is 13.7. The Morgan fingerprint density at radius 2 is 2.09 bits per heavy atom. The van der Waals surface area contributed by atoms with Gasteiger partial charge in [0, 0.05) is 12.3 Å². The van der Waals surface area contributed by atoms with E-state index in [2.05, 4.69) is 5.32 Å². The molecule has 5 heteroatoms. The first kappa shape index (κ1) is 16.5. The summed E-state index contributed by atoms with van der Waals surface area (Å²) in [5, 5.41) is 2.92. The SMILES string of the molecule is CC(C)Oc1ccccc1C(=O)NCCSCc1ccco1. The number of amides is 1. The Kier molecular flexibility index (Phi) is 6.40. The molecule has 0 saturated heterocycles. The van der Waals surface area contributed by atoms with Crippen molar-refractivity contribution in [2.75, 3.05) is 12.3 Å². The lowest BCUT2D eigenvalue weighted by Crippen LogP contribution is -2.26. The van der Waals surface area contributed by atoms with Crippen LogP contribution < -0.4 is 10.1 Å². The minimum Gasteiger partial charge on any atom is -0.490 e. The number of hydrogen-bond acceptors (Lipinski definition) is 4. The van der Waals surface area contributed by atoms with Gasteiger partial charge in [-0.2, -0.15) is 11.8 Å². The summed E-state index contributed by atoms with van der Waals surface area (Å²) in [5.74, 6) is 3.12. The van der Waals surface area contributed by atoms with Crippen LogP contribution in [0.2, 0.25) is 0 Å². The van der Waals surface area contributed by atoms with Crippen molar-refractivity contribution >= 4 is 17.7 Å². The molecule has 1 amide bonds. The van der Waals surface area contributed by atoms with Gasteiger partial charge >= 0.3 is 0 Å². The number of benzene rings is 1. The zero-order valence-electron chi connectivity index (χ0n) is 12.9. The molecule has 4 nitrogen and oxygen atoms in total. The second-order valence-electron chi connectivity index (χ2n) is 5.05. The molecular weight excluding hydrogens is 298 g/mol. The van der Waals surface area contributed by atoms with E-state index >= 15 is 0 Å². The number of carbonyl (C=O) groups excluding carboxylic acids is 1. The van der Waals surface area contributed by atoms with E-state index in [-0.39, 0.29) is 12.0 Å². The second kappa shape index (κ2) is 8.54. The maximum Gasteiger partial charge on any atom is 0.255 e. The molecule has 1 heterocycles. The largest absolute Gasteiger partial charge is 0.490 e. The van der Waals surface area contributed by atoms with Gasteiger partial charge in [0.15, 0.2) is 0 Å². The molecule has 2 rings (SSSR count). The van der Waals surface area contributed by atoms with E-state index in [1.54, 1.807) is 24.1 Å². The smallest absolute Gasteiger partial charge is 0.255 e. The maximum absolute atomic E-state index is 12.2. The van der Waals surface area contributed by atoms with Gasteiger partial charge in [-0.25, -0.2) is 0 Å². The summed E-state index contributed by atoms with van der Waals surface area (Å²) < 4.78 is 10.9. The van der Waals surface area contributed by atoms with Crippen molar-refractivity contribution in [3.8, 4) is 5.75 Å². The van der Waals surface area contributed by atoms with Crippen molar-refractivity contribution in [1.82, 2.24) is 5.32 Å². The number of rotatable bonds is 8. The quantitative estimate of drug-likeness (QED) is 0.753. The number of ether oxygens (including phenoxy) is 1. The van der Waals surface area contributed by atoms with Gasteiger partial charge in [-0.1, -0.05) is 12.1 Å². The lowest BCUT2D eigenvalue weighted by molar-refractivity contribution is 0.0950. The molecule has 0 aliphatic carbocycles. The van der Waals surface area contributed by atoms with Crippen LogP contribution in [0.1, 0.15) is 30.0 Å². The van der Waals surface area contributed by atoms with Crippen LogP contribution in [-0.4, -0.2) is 24.3 Å². The Morgan fingerprint density at radius 1 is 1.27 bits per heavy atom. The number of nitrogens with one attached hydrogen (secondary N) is 1. The fraction of sp³-hybridized carbons (Fsp3) is 0.353. The third kappa shape index (κ3) is 5.15. The number of hydrogen-bond donors (Lipinski definition) is 1. The number of para-hydroxylation sites is 1. The van der Waals surface area contributed by atoms with E-state index in [0.29, 0.717) is 17.9 Å². The Labute approximate surface area is 135 Å². The summed E-state index contributed by atoms with van der Waals surface area (Å²) in [4.78, 5) is 12.2. The third-order valence-corrected chi connectivity index (χ3v) is 3.83. The Balaban J connectivity index is 1.77. The Morgan fingerprint density at radius 3 is 2.82 bits per heavy atom. The van der Waals surface area contributed by atoms with Crippen molar-refractivity contribution in [1.29, 1.82) is 0 Å². The topological polar surface area (TPSA) is 51.5 Å². The van der Waals surface area contributed by atoms with E-state index < -0.39 is 0 Å². The number of thioether (sulfide) groups is 1. The molecule has 22 heavy (non-hydrogen) atoms. The Bertz CT molecular complexity index is 581. The minimum absolute atomic E-state index is 0.0396.